The van der Waals surface area contributed by atoms with Gasteiger partial charge < -0.3 is 5.73 Å². The van der Waals surface area contributed by atoms with Crippen molar-refractivity contribution in [2.45, 2.75) is 19.4 Å². The smallest absolute Gasteiger partial charge is 0.125 e. The molecule has 0 aliphatic carbocycles. The van der Waals surface area contributed by atoms with Crippen LogP contribution in [0.3, 0.4) is 0 Å². The lowest BCUT2D eigenvalue weighted by atomic mass is 10.0. The van der Waals surface area contributed by atoms with E-state index in [0.717, 1.165) is 17.5 Å². The Balaban J connectivity index is 2.28. The molecule has 0 aliphatic heterocycles. The summed E-state index contributed by atoms with van der Waals surface area (Å²) in [4.78, 5) is 0. The Morgan fingerprint density at radius 1 is 1.11 bits per heavy atom. The first-order chi connectivity index (χ1) is 8.54. The SMILES string of the molecule is CC(N)Cc1ccc(-c2cc(F)cc(Cl)c2)cc1. The summed E-state index contributed by atoms with van der Waals surface area (Å²) in [5.74, 6) is -0.322. The van der Waals surface area contributed by atoms with Crippen molar-refractivity contribution >= 4 is 11.6 Å². The zero-order valence-electron chi connectivity index (χ0n) is 10.2. The molecule has 2 rings (SSSR count). The number of halogens is 2. The van der Waals surface area contributed by atoms with E-state index in [4.69, 9.17) is 17.3 Å². The Bertz CT molecular complexity index is 514. The molecule has 0 saturated carbocycles. The summed E-state index contributed by atoms with van der Waals surface area (Å²) >= 11 is 5.84. The zero-order valence-corrected chi connectivity index (χ0v) is 10.9. The van der Waals surface area contributed by atoms with E-state index >= 15 is 0 Å². The monoisotopic (exact) mass is 263 g/mol. The van der Waals surface area contributed by atoms with Crippen LogP contribution in [0.15, 0.2) is 42.5 Å². The maximum Gasteiger partial charge on any atom is 0.125 e. The predicted molar refractivity (Wildman–Crippen MR) is 74.2 cm³/mol. The summed E-state index contributed by atoms with van der Waals surface area (Å²) in [6.45, 7) is 1.97. The number of hydrogen-bond donors (Lipinski definition) is 1. The van der Waals surface area contributed by atoms with E-state index in [1.54, 1.807) is 6.07 Å². The van der Waals surface area contributed by atoms with E-state index in [-0.39, 0.29) is 11.9 Å². The topological polar surface area (TPSA) is 26.0 Å². The van der Waals surface area contributed by atoms with Crippen molar-refractivity contribution < 1.29 is 4.39 Å². The van der Waals surface area contributed by atoms with Gasteiger partial charge in [0.15, 0.2) is 0 Å². The molecule has 2 aromatic carbocycles. The highest BCUT2D eigenvalue weighted by atomic mass is 35.5. The molecule has 0 spiro atoms. The predicted octanol–water partition coefficient (Wildman–Crippen LogP) is 4.04. The molecule has 1 nitrogen and oxygen atoms in total. The third kappa shape index (κ3) is 3.31. The number of nitrogens with two attached hydrogens (primary N) is 1. The average molecular weight is 264 g/mol. The van der Waals surface area contributed by atoms with Gasteiger partial charge in [0.2, 0.25) is 0 Å². The van der Waals surface area contributed by atoms with Crippen molar-refractivity contribution in [3.05, 3.63) is 58.9 Å². The Morgan fingerprint density at radius 3 is 2.33 bits per heavy atom. The highest BCUT2D eigenvalue weighted by Gasteiger charge is 2.03. The Morgan fingerprint density at radius 2 is 1.78 bits per heavy atom. The van der Waals surface area contributed by atoms with Crippen LogP contribution in [0.1, 0.15) is 12.5 Å². The number of benzene rings is 2. The molecule has 18 heavy (non-hydrogen) atoms. The van der Waals surface area contributed by atoms with Crippen LogP contribution < -0.4 is 5.73 Å². The van der Waals surface area contributed by atoms with Crippen molar-refractivity contribution in [1.29, 1.82) is 0 Å². The van der Waals surface area contributed by atoms with Gasteiger partial charge in [0.05, 0.1) is 0 Å². The fraction of sp³-hybridized carbons (Fsp3) is 0.200. The maximum absolute atomic E-state index is 13.3. The minimum Gasteiger partial charge on any atom is -0.328 e. The molecule has 1 atom stereocenters. The quantitative estimate of drug-likeness (QED) is 0.889. The molecular weight excluding hydrogens is 249 g/mol. The van der Waals surface area contributed by atoms with Crippen molar-refractivity contribution in [3.63, 3.8) is 0 Å². The minimum atomic E-state index is -0.322. The van der Waals surface area contributed by atoms with Crippen LogP contribution in [-0.4, -0.2) is 6.04 Å². The Labute approximate surface area is 111 Å². The highest BCUT2D eigenvalue weighted by molar-refractivity contribution is 6.30. The molecule has 1 unspecified atom stereocenters. The number of hydrogen-bond acceptors (Lipinski definition) is 1. The van der Waals surface area contributed by atoms with Gasteiger partial charge in [-0.25, -0.2) is 4.39 Å². The lowest BCUT2D eigenvalue weighted by Gasteiger charge is -2.07. The second-order valence-corrected chi connectivity index (χ2v) is 4.97. The van der Waals surface area contributed by atoms with Crippen molar-refractivity contribution in [1.82, 2.24) is 0 Å². The van der Waals surface area contributed by atoms with Crippen LogP contribution in [0.25, 0.3) is 11.1 Å². The Kier molecular flexibility index (Phi) is 4.00. The molecule has 2 N–H and O–H groups in total. The lowest BCUT2D eigenvalue weighted by molar-refractivity contribution is 0.628. The van der Waals surface area contributed by atoms with Gasteiger partial charge in [-0.2, -0.15) is 0 Å². The van der Waals surface area contributed by atoms with Crippen LogP contribution in [0.4, 0.5) is 4.39 Å². The van der Waals surface area contributed by atoms with E-state index < -0.39 is 0 Å². The van der Waals surface area contributed by atoms with Gasteiger partial charge >= 0.3 is 0 Å². The lowest BCUT2D eigenvalue weighted by Crippen LogP contribution is -2.17. The third-order valence-electron chi connectivity index (χ3n) is 2.71. The van der Waals surface area contributed by atoms with Gasteiger partial charge in [-0.15, -0.1) is 0 Å². The average Bonchev–Trinajstić information content (AvgIpc) is 2.27. The molecule has 0 aliphatic rings. The standard InChI is InChI=1S/C15H15ClFN/c1-10(18)6-11-2-4-12(5-3-11)13-7-14(16)9-15(17)8-13/h2-5,7-10H,6,18H2,1H3. The van der Waals surface area contributed by atoms with Gasteiger partial charge in [0.25, 0.3) is 0 Å². The van der Waals surface area contributed by atoms with Gasteiger partial charge in [0.1, 0.15) is 5.82 Å². The molecule has 94 valence electrons. The second-order valence-electron chi connectivity index (χ2n) is 4.54. The summed E-state index contributed by atoms with van der Waals surface area (Å²) in [5, 5.41) is 0.407. The highest BCUT2D eigenvalue weighted by Crippen LogP contribution is 2.24. The largest absolute Gasteiger partial charge is 0.328 e. The van der Waals surface area contributed by atoms with Crippen LogP contribution in [0, 0.1) is 5.82 Å². The number of rotatable bonds is 3. The molecule has 0 saturated heterocycles. The van der Waals surface area contributed by atoms with Crippen molar-refractivity contribution in [2.24, 2.45) is 5.73 Å². The van der Waals surface area contributed by atoms with Crippen molar-refractivity contribution in [3.8, 4) is 11.1 Å². The first-order valence-corrected chi connectivity index (χ1v) is 6.23. The normalized spacial score (nSPS) is 12.4. The second kappa shape index (κ2) is 5.51. The van der Waals surface area contributed by atoms with Gasteiger partial charge in [0, 0.05) is 11.1 Å². The van der Waals surface area contributed by atoms with Gasteiger partial charge in [-0.05, 0) is 48.2 Å². The van der Waals surface area contributed by atoms with Crippen LogP contribution in [0.2, 0.25) is 5.02 Å². The maximum atomic E-state index is 13.3. The van der Waals surface area contributed by atoms with E-state index in [0.29, 0.717) is 5.02 Å². The van der Waals surface area contributed by atoms with Crippen LogP contribution in [0.5, 0.6) is 0 Å². The molecule has 0 fully saturated rings. The summed E-state index contributed by atoms with van der Waals surface area (Å²) < 4.78 is 13.3. The molecule has 3 heteroatoms. The Hall–Kier alpha value is -1.38. The van der Waals surface area contributed by atoms with E-state index in [1.807, 2.05) is 31.2 Å². The first kappa shape index (κ1) is 13.1. The van der Waals surface area contributed by atoms with E-state index in [1.165, 1.54) is 17.7 Å². The van der Waals surface area contributed by atoms with Crippen LogP contribution >= 0.6 is 11.6 Å². The summed E-state index contributed by atoms with van der Waals surface area (Å²) in [5.41, 5.74) is 8.66. The summed E-state index contributed by atoms with van der Waals surface area (Å²) in [7, 11) is 0. The summed E-state index contributed by atoms with van der Waals surface area (Å²) in [6.07, 6.45) is 0.837. The molecule has 0 amide bonds. The third-order valence-corrected chi connectivity index (χ3v) is 2.93. The minimum absolute atomic E-state index is 0.138. The van der Waals surface area contributed by atoms with E-state index in [2.05, 4.69) is 0 Å². The molecule has 0 aromatic heterocycles. The molecular formula is C15H15ClFN. The molecule has 0 radical (unpaired) electrons. The fourth-order valence-electron chi connectivity index (χ4n) is 1.93. The van der Waals surface area contributed by atoms with Gasteiger partial charge in [-0.1, -0.05) is 35.9 Å². The van der Waals surface area contributed by atoms with Crippen molar-refractivity contribution in [2.75, 3.05) is 0 Å². The summed E-state index contributed by atoms with van der Waals surface area (Å²) in [6, 6.07) is 12.6. The van der Waals surface area contributed by atoms with E-state index in [9.17, 15) is 4.39 Å². The molecule has 0 bridgehead atoms. The van der Waals surface area contributed by atoms with Gasteiger partial charge in [-0.3, -0.25) is 0 Å². The molecule has 2 aromatic rings. The molecule has 0 heterocycles. The zero-order chi connectivity index (χ0) is 13.1. The fourth-order valence-corrected chi connectivity index (χ4v) is 2.15. The van der Waals surface area contributed by atoms with Crippen LogP contribution in [-0.2, 0) is 6.42 Å². The first-order valence-electron chi connectivity index (χ1n) is 5.85.